The van der Waals surface area contributed by atoms with Gasteiger partial charge in [0.1, 0.15) is 17.9 Å². The van der Waals surface area contributed by atoms with Crippen LogP contribution >= 0.6 is 22.6 Å². The van der Waals surface area contributed by atoms with Crippen molar-refractivity contribution in [3.63, 3.8) is 0 Å². The lowest BCUT2D eigenvalue weighted by molar-refractivity contribution is -0.836. The van der Waals surface area contributed by atoms with Crippen LogP contribution in [0.4, 0.5) is 0 Å². The van der Waals surface area contributed by atoms with Gasteiger partial charge in [0.15, 0.2) is 0 Å². The Kier molecular flexibility index (Phi) is 6.20. The Labute approximate surface area is 167 Å². The fourth-order valence-electron chi connectivity index (χ4n) is 2.75. The molecular weight excluding hydrogens is 439 g/mol. The summed E-state index contributed by atoms with van der Waals surface area (Å²) in [6, 6.07) is 16.3. The Bertz CT molecular complexity index is 985. The van der Waals surface area contributed by atoms with E-state index in [0.29, 0.717) is 6.54 Å². The van der Waals surface area contributed by atoms with Gasteiger partial charge in [-0.2, -0.15) is 0 Å². The van der Waals surface area contributed by atoms with Crippen molar-refractivity contribution < 1.29 is 4.90 Å². The smallest absolute Gasteiger partial charge is 0.131 e. The second-order valence-corrected chi connectivity index (χ2v) is 7.67. The van der Waals surface area contributed by atoms with Crippen LogP contribution in [0.2, 0.25) is 0 Å². The molecule has 0 amide bonds. The molecule has 6 nitrogen and oxygen atoms in total. The number of imidazole rings is 1. The lowest BCUT2D eigenvalue weighted by atomic mass is 10.3. The molecule has 2 heterocycles. The summed E-state index contributed by atoms with van der Waals surface area (Å²) in [5, 5.41) is 8.49. The molecule has 0 bridgehead atoms. The minimum absolute atomic E-state index is 0.631. The number of hydrogen-bond acceptors (Lipinski definition) is 3. The number of alkyl halides is 1. The quantitative estimate of drug-likeness (QED) is 0.372. The van der Waals surface area contributed by atoms with Crippen LogP contribution in [0, 0.1) is 0 Å². The fraction of sp³-hybridized carbons (Fsp3) is 0.316. The predicted molar refractivity (Wildman–Crippen MR) is 114 cm³/mol. The molecule has 0 saturated heterocycles. The molecule has 136 valence electrons. The molecule has 0 atom stereocenters. The summed E-state index contributed by atoms with van der Waals surface area (Å²) < 4.78 is 5.24. The summed E-state index contributed by atoms with van der Waals surface area (Å²) in [5.41, 5.74) is 4.17. The Balaban J connectivity index is 0.000000447. The van der Waals surface area contributed by atoms with Crippen molar-refractivity contribution in [2.45, 2.75) is 13.1 Å². The summed E-state index contributed by atoms with van der Waals surface area (Å²) >= 11 is 2.40. The maximum Gasteiger partial charge on any atom is 0.131 e. The SMILES string of the molecule is C[NH+](C)C.ICCn1c(Cn2nnc3ccccc32)nc2ccccc21. The number of nitrogens with zero attached hydrogens (tertiary/aromatic N) is 5. The highest BCUT2D eigenvalue weighted by Gasteiger charge is 2.12. The largest absolute Gasteiger partial charge is 0.342 e. The van der Waals surface area contributed by atoms with Crippen molar-refractivity contribution in [2.75, 3.05) is 25.6 Å². The van der Waals surface area contributed by atoms with Gasteiger partial charge in [0.2, 0.25) is 0 Å². The van der Waals surface area contributed by atoms with E-state index in [2.05, 4.69) is 76.8 Å². The Morgan fingerprint density at radius 3 is 2.23 bits per heavy atom. The van der Waals surface area contributed by atoms with E-state index >= 15 is 0 Å². The highest BCUT2D eigenvalue weighted by atomic mass is 127. The average Bonchev–Trinajstić information content (AvgIpc) is 3.18. The third-order valence-electron chi connectivity index (χ3n) is 3.75. The van der Waals surface area contributed by atoms with E-state index in [4.69, 9.17) is 4.98 Å². The molecule has 0 spiro atoms. The zero-order chi connectivity index (χ0) is 18.5. The van der Waals surface area contributed by atoms with Gasteiger partial charge in [-0.05, 0) is 24.3 Å². The number of halogens is 1. The number of rotatable bonds is 4. The monoisotopic (exact) mass is 463 g/mol. The molecule has 2 aromatic heterocycles. The Hall–Kier alpha value is -2.00. The highest BCUT2D eigenvalue weighted by Crippen LogP contribution is 2.18. The molecule has 26 heavy (non-hydrogen) atoms. The number of aromatic nitrogens is 5. The van der Waals surface area contributed by atoms with Crippen molar-refractivity contribution in [3.05, 3.63) is 54.4 Å². The van der Waals surface area contributed by atoms with E-state index in [0.717, 1.165) is 33.3 Å². The summed E-state index contributed by atoms with van der Waals surface area (Å²) in [4.78, 5) is 6.20. The van der Waals surface area contributed by atoms with E-state index in [1.54, 1.807) is 0 Å². The van der Waals surface area contributed by atoms with E-state index in [1.165, 1.54) is 10.4 Å². The predicted octanol–water partition coefficient (Wildman–Crippen LogP) is 2.03. The lowest BCUT2D eigenvalue weighted by Crippen LogP contribution is -3.02. The van der Waals surface area contributed by atoms with Crippen LogP contribution in [0.5, 0.6) is 0 Å². The van der Waals surface area contributed by atoms with Gasteiger partial charge < -0.3 is 9.47 Å². The summed E-state index contributed by atoms with van der Waals surface area (Å²) in [6.07, 6.45) is 0. The lowest BCUT2D eigenvalue weighted by Gasteiger charge is -2.07. The van der Waals surface area contributed by atoms with Crippen LogP contribution in [0.1, 0.15) is 5.82 Å². The third kappa shape index (κ3) is 4.21. The van der Waals surface area contributed by atoms with Crippen LogP contribution in [0.15, 0.2) is 48.5 Å². The first-order valence-electron chi connectivity index (χ1n) is 8.65. The molecule has 1 N–H and O–H groups in total. The summed E-state index contributed by atoms with van der Waals surface area (Å²) in [7, 11) is 6.25. The zero-order valence-corrected chi connectivity index (χ0v) is 17.5. The summed E-state index contributed by atoms with van der Waals surface area (Å²) in [6.45, 7) is 1.58. The number of aryl methyl sites for hydroxylation is 1. The first-order valence-corrected chi connectivity index (χ1v) is 10.2. The first kappa shape index (κ1) is 18.8. The normalized spacial score (nSPS) is 11.1. The van der Waals surface area contributed by atoms with Crippen LogP contribution in [-0.2, 0) is 13.1 Å². The number of nitrogens with one attached hydrogen (secondary N) is 1. The Morgan fingerprint density at radius 2 is 1.54 bits per heavy atom. The number of benzene rings is 2. The van der Waals surface area contributed by atoms with Gasteiger partial charge in [-0.3, -0.25) is 0 Å². The molecule has 0 unspecified atom stereocenters. The maximum atomic E-state index is 4.78. The zero-order valence-electron chi connectivity index (χ0n) is 15.4. The van der Waals surface area contributed by atoms with Crippen LogP contribution in [0.25, 0.3) is 22.1 Å². The first-order chi connectivity index (χ1) is 12.6. The van der Waals surface area contributed by atoms with E-state index < -0.39 is 0 Å². The average molecular weight is 463 g/mol. The molecule has 0 aliphatic rings. The van der Waals surface area contributed by atoms with Gasteiger partial charge in [0.05, 0.1) is 37.7 Å². The fourth-order valence-corrected chi connectivity index (χ4v) is 3.23. The van der Waals surface area contributed by atoms with Gasteiger partial charge in [0.25, 0.3) is 0 Å². The second kappa shape index (κ2) is 8.59. The molecule has 0 fully saturated rings. The van der Waals surface area contributed by atoms with Crippen LogP contribution in [0.3, 0.4) is 0 Å². The number of quaternary nitrogens is 1. The number of para-hydroxylation sites is 3. The molecule has 4 aromatic rings. The van der Waals surface area contributed by atoms with Crippen LogP contribution < -0.4 is 4.90 Å². The summed E-state index contributed by atoms with van der Waals surface area (Å²) in [5.74, 6) is 1.02. The highest BCUT2D eigenvalue weighted by molar-refractivity contribution is 14.1. The second-order valence-electron chi connectivity index (χ2n) is 6.59. The molecule has 2 aromatic carbocycles. The molecule has 0 saturated carbocycles. The minimum Gasteiger partial charge on any atom is -0.342 e. The van der Waals surface area contributed by atoms with Gasteiger partial charge in [-0.1, -0.05) is 52.1 Å². The van der Waals surface area contributed by atoms with Crippen molar-refractivity contribution >= 4 is 44.7 Å². The molecule has 0 radical (unpaired) electrons. The van der Waals surface area contributed by atoms with Crippen molar-refractivity contribution in [2.24, 2.45) is 0 Å². The molecule has 0 aliphatic heterocycles. The van der Waals surface area contributed by atoms with Gasteiger partial charge in [0, 0.05) is 11.0 Å². The van der Waals surface area contributed by atoms with Crippen molar-refractivity contribution in [1.29, 1.82) is 0 Å². The molecular formula is C19H24IN6+. The third-order valence-corrected chi connectivity index (χ3v) is 4.24. The van der Waals surface area contributed by atoms with Gasteiger partial charge in [-0.15, -0.1) is 5.10 Å². The van der Waals surface area contributed by atoms with Gasteiger partial charge >= 0.3 is 0 Å². The van der Waals surface area contributed by atoms with E-state index in [9.17, 15) is 0 Å². The molecule has 4 rings (SSSR count). The molecule has 7 heteroatoms. The number of fused-ring (bicyclic) bond motifs is 2. The van der Waals surface area contributed by atoms with E-state index in [-0.39, 0.29) is 0 Å². The standard InChI is InChI=1S/C16H14IN5.C3H9N/c17-9-10-21-14-7-3-1-5-12(14)18-16(21)11-22-15-8-4-2-6-13(15)19-20-22;1-4(2)3/h1-8H,9-11H2;1-3H3/p+1. The van der Waals surface area contributed by atoms with Crippen LogP contribution in [-0.4, -0.2) is 50.1 Å². The topological polar surface area (TPSA) is 53.0 Å². The maximum absolute atomic E-state index is 4.78. The number of hydrogen-bond donors (Lipinski definition) is 1. The van der Waals surface area contributed by atoms with E-state index in [1.807, 2.05) is 35.0 Å². The Morgan fingerprint density at radius 1 is 0.923 bits per heavy atom. The van der Waals surface area contributed by atoms with Gasteiger partial charge in [-0.25, -0.2) is 9.67 Å². The van der Waals surface area contributed by atoms with Crippen molar-refractivity contribution in [3.8, 4) is 0 Å². The van der Waals surface area contributed by atoms with Crippen molar-refractivity contribution in [1.82, 2.24) is 24.5 Å². The minimum atomic E-state index is 0.631. The molecule has 0 aliphatic carbocycles.